The van der Waals surface area contributed by atoms with E-state index in [1.165, 1.54) is 0 Å². The van der Waals surface area contributed by atoms with Crippen LogP contribution in [0.1, 0.15) is 19.3 Å². The molecule has 0 atom stereocenters. The van der Waals surface area contributed by atoms with Crippen molar-refractivity contribution >= 4 is 28.6 Å². The number of nitrogens with two attached hydrogens (primary N) is 1. The van der Waals surface area contributed by atoms with Crippen molar-refractivity contribution in [1.82, 2.24) is 15.3 Å². The lowest BCUT2D eigenvalue weighted by Crippen LogP contribution is -2.41. The highest BCUT2D eigenvalue weighted by Crippen LogP contribution is 2.34. The fourth-order valence-corrected chi connectivity index (χ4v) is 3.37. The average Bonchev–Trinajstić information content (AvgIpc) is 2.73. The van der Waals surface area contributed by atoms with Gasteiger partial charge in [0.1, 0.15) is 5.82 Å². The number of rotatable bonds is 7. The van der Waals surface area contributed by atoms with Crippen LogP contribution in [0.25, 0.3) is 10.9 Å². The number of carbonyl (C=O) groups is 1. The quantitative estimate of drug-likeness (QED) is 0.695. The van der Waals surface area contributed by atoms with Crippen LogP contribution in [0.5, 0.6) is 11.5 Å². The minimum absolute atomic E-state index is 0.0103. The monoisotopic (exact) mass is 391 g/mol. The number of nitrogens with zero attached hydrogens (tertiary/aromatic N) is 3. The first-order valence-corrected chi connectivity index (χ1v) is 9.35. The zero-order valence-corrected chi connectivity index (χ0v) is 16.2. The van der Waals surface area contributed by atoms with E-state index in [0.29, 0.717) is 73.1 Å². The third-order valence-electron chi connectivity index (χ3n) is 4.98. The van der Waals surface area contributed by atoms with Crippen molar-refractivity contribution in [2.45, 2.75) is 19.3 Å². The standard InChI is InChI=1S/C19H26FN5O3/c1-27-15-10-13-14(11-16(15)28-2)23-19(24-17(13)21)25-8-4-12(5-9-25)18(26)22-7-3-6-20/h10-12H,3-9H2,1-2H3,(H,22,26)(H2,21,23,24). The van der Waals surface area contributed by atoms with Crippen molar-refractivity contribution in [1.29, 1.82) is 0 Å². The van der Waals surface area contributed by atoms with Gasteiger partial charge in [0, 0.05) is 37.0 Å². The van der Waals surface area contributed by atoms with E-state index in [-0.39, 0.29) is 11.8 Å². The number of alkyl halides is 1. The van der Waals surface area contributed by atoms with E-state index in [1.807, 2.05) is 4.90 Å². The second-order valence-electron chi connectivity index (χ2n) is 6.73. The molecule has 2 aromatic rings. The maximum Gasteiger partial charge on any atom is 0.227 e. The zero-order chi connectivity index (χ0) is 20.1. The van der Waals surface area contributed by atoms with Gasteiger partial charge >= 0.3 is 0 Å². The Labute approximate surface area is 163 Å². The largest absolute Gasteiger partial charge is 0.493 e. The molecule has 1 amide bonds. The molecule has 3 N–H and O–H groups in total. The van der Waals surface area contributed by atoms with E-state index >= 15 is 0 Å². The third kappa shape index (κ3) is 4.18. The lowest BCUT2D eigenvalue weighted by atomic mass is 9.96. The minimum Gasteiger partial charge on any atom is -0.493 e. The molecule has 0 spiro atoms. The van der Waals surface area contributed by atoms with E-state index < -0.39 is 6.67 Å². The Kier molecular flexibility index (Phi) is 6.33. The highest BCUT2D eigenvalue weighted by atomic mass is 19.1. The first kappa shape index (κ1) is 19.9. The zero-order valence-electron chi connectivity index (χ0n) is 16.2. The van der Waals surface area contributed by atoms with Gasteiger partial charge in [0.05, 0.1) is 26.4 Å². The van der Waals surface area contributed by atoms with Gasteiger partial charge < -0.3 is 25.4 Å². The van der Waals surface area contributed by atoms with Crippen LogP contribution in [0.3, 0.4) is 0 Å². The van der Waals surface area contributed by atoms with Crippen LogP contribution < -0.4 is 25.4 Å². The second-order valence-corrected chi connectivity index (χ2v) is 6.73. The van der Waals surface area contributed by atoms with Crippen LogP contribution in [0.4, 0.5) is 16.2 Å². The molecule has 1 aromatic carbocycles. The average molecular weight is 391 g/mol. The van der Waals surface area contributed by atoms with Crippen molar-refractivity contribution in [3.8, 4) is 11.5 Å². The van der Waals surface area contributed by atoms with Gasteiger partial charge in [-0.25, -0.2) is 4.98 Å². The summed E-state index contributed by atoms with van der Waals surface area (Å²) in [7, 11) is 3.13. The number of nitrogen functional groups attached to an aromatic ring is 1. The SMILES string of the molecule is COc1cc2nc(N3CCC(C(=O)NCCCF)CC3)nc(N)c2cc1OC. The number of methoxy groups -OCH3 is 2. The van der Waals surface area contributed by atoms with Crippen molar-refractivity contribution in [3.05, 3.63) is 12.1 Å². The molecule has 0 radical (unpaired) electrons. The molecule has 1 aliphatic rings. The summed E-state index contributed by atoms with van der Waals surface area (Å²) in [5, 5.41) is 3.49. The Balaban J connectivity index is 1.73. The number of nitrogens with one attached hydrogen (secondary N) is 1. The van der Waals surface area contributed by atoms with Crippen LogP contribution in [0.15, 0.2) is 12.1 Å². The molecule has 1 saturated heterocycles. The number of fused-ring (bicyclic) bond motifs is 1. The highest BCUT2D eigenvalue weighted by Gasteiger charge is 2.26. The first-order valence-electron chi connectivity index (χ1n) is 9.35. The molecule has 0 aliphatic carbocycles. The Bertz CT molecular complexity index is 840. The van der Waals surface area contributed by atoms with Crippen molar-refractivity contribution in [2.75, 3.05) is 51.2 Å². The number of halogens is 1. The summed E-state index contributed by atoms with van der Waals surface area (Å²) in [4.78, 5) is 23.2. The molecule has 1 aromatic heterocycles. The van der Waals surface area contributed by atoms with Gasteiger partial charge in [-0.15, -0.1) is 0 Å². The molecular weight excluding hydrogens is 365 g/mol. The molecule has 0 unspecified atom stereocenters. The van der Waals surface area contributed by atoms with E-state index in [0.717, 1.165) is 0 Å². The number of hydrogen-bond acceptors (Lipinski definition) is 7. The van der Waals surface area contributed by atoms with Crippen LogP contribution in [-0.2, 0) is 4.79 Å². The van der Waals surface area contributed by atoms with Gasteiger partial charge in [-0.3, -0.25) is 9.18 Å². The molecule has 3 rings (SSSR count). The Morgan fingerprint density at radius 3 is 2.57 bits per heavy atom. The Morgan fingerprint density at radius 2 is 1.93 bits per heavy atom. The van der Waals surface area contributed by atoms with Crippen molar-refractivity contribution in [3.63, 3.8) is 0 Å². The van der Waals surface area contributed by atoms with Crippen molar-refractivity contribution in [2.24, 2.45) is 5.92 Å². The van der Waals surface area contributed by atoms with Crippen molar-refractivity contribution < 1.29 is 18.7 Å². The maximum absolute atomic E-state index is 12.2. The molecule has 1 aliphatic heterocycles. The predicted molar refractivity (Wildman–Crippen MR) is 106 cm³/mol. The molecule has 2 heterocycles. The molecule has 9 heteroatoms. The lowest BCUT2D eigenvalue weighted by molar-refractivity contribution is -0.125. The van der Waals surface area contributed by atoms with E-state index in [9.17, 15) is 9.18 Å². The summed E-state index contributed by atoms with van der Waals surface area (Å²) in [5.74, 6) is 1.96. The van der Waals surface area contributed by atoms with E-state index in [2.05, 4.69) is 15.3 Å². The summed E-state index contributed by atoms with van der Waals surface area (Å²) in [6.45, 7) is 1.26. The first-order chi connectivity index (χ1) is 13.6. The number of hydrogen-bond donors (Lipinski definition) is 2. The molecular formula is C19H26FN5O3. The molecule has 1 fully saturated rings. The van der Waals surface area contributed by atoms with Crippen LogP contribution in [0.2, 0.25) is 0 Å². The Hall–Kier alpha value is -2.84. The summed E-state index contributed by atoms with van der Waals surface area (Å²) in [6, 6.07) is 3.54. The van der Waals surface area contributed by atoms with Gasteiger partial charge in [0.2, 0.25) is 11.9 Å². The highest BCUT2D eigenvalue weighted by molar-refractivity contribution is 5.91. The number of carbonyl (C=O) groups excluding carboxylic acids is 1. The fraction of sp³-hybridized carbons (Fsp3) is 0.526. The van der Waals surface area contributed by atoms with Gasteiger partial charge in [-0.1, -0.05) is 0 Å². The summed E-state index contributed by atoms with van der Waals surface area (Å²) < 4.78 is 22.8. The predicted octanol–water partition coefficient (Wildman–Crippen LogP) is 1.92. The number of piperidine rings is 1. The molecule has 152 valence electrons. The summed E-state index contributed by atoms with van der Waals surface area (Å²) >= 11 is 0. The molecule has 28 heavy (non-hydrogen) atoms. The number of aromatic nitrogens is 2. The number of ether oxygens (including phenoxy) is 2. The summed E-state index contributed by atoms with van der Waals surface area (Å²) in [6.07, 6.45) is 1.73. The number of anilines is 2. The number of benzene rings is 1. The van der Waals surface area contributed by atoms with E-state index in [1.54, 1.807) is 26.4 Å². The van der Waals surface area contributed by atoms with Crippen LogP contribution in [0, 0.1) is 5.92 Å². The number of amides is 1. The Morgan fingerprint density at radius 1 is 1.25 bits per heavy atom. The van der Waals surface area contributed by atoms with Gasteiger partial charge in [0.15, 0.2) is 11.5 Å². The van der Waals surface area contributed by atoms with Gasteiger partial charge in [-0.2, -0.15) is 4.98 Å². The maximum atomic E-state index is 12.2. The normalized spacial score (nSPS) is 14.9. The van der Waals surface area contributed by atoms with Gasteiger partial charge in [0.25, 0.3) is 0 Å². The molecule has 0 bridgehead atoms. The lowest BCUT2D eigenvalue weighted by Gasteiger charge is -2.31. The topological polar surface area (TPSA) is 103 Å². The van der Waals surface area contributed by atoms with E-state index in [4.69, 9.17) is 15.2 Å². The van der Waals surface area contributed by atoms with Gasteiger partial charge in [-0.05, 0) is 25.3 Å². The fourth-order valence-electron chi connectivity index (χ4n) is 3.37. The van der Waals surface area contributed by atoms with Crippen LogP contribution >= 0.6 is 0 Å². The molecule has 0 saturated carbocycles. The summed E-state index contributed by atoms with van der Waals surface area (Å²) in [5.41, 5.74) is 6.83. The van der Waals surface area contributed by atoms with Crippen LogP contribution in [-0.4, -0.2) is 56.4 Å². The third-order valence-corrected chi connectivity index (χ3v) is 4.98. The second kappa shape index (κ2) is 8.90. The smallest absolute Gasteiger partial charge is 0.227 e. The minimum atomic E-state index is -0.421. The molecule has 8 nitrogen and oxygen atoms in total.